The average molecular weight is 412 g/mol. The Morgan fingerprint density at radius 2 is 2.17 bits per heavy atom. The maximum Gasteiger partial charge on any atom is 0.230 e. The number of piperidine rings is 1. The van der Waals surface area contributed by atoms with Crippen LogP contribution >= 0.6 is 0 Å². The van der Waals surface area contributed by atoms with Gasteiger partial charge in [-0.2, -0.15) is 0 Å². The van der Waals surface area contributed by atoms with E-state index in [1.54, 1.807) is 23.3 Å². The number of carbonyl (C=O) groups excluding carboxylic acids is 3. The zero-order chi connectivity index (χ0) is 21.2. The van der Waals surface area contributed by atoms with Gasteiger partial charge in [-0.3, -0.25) is 14.4 Å². The van der Waals surface area contributed by atoms with E-state index in [-0.39, 0.29) is 29.9 Å². The lowest BCUT2D eigenvalue weighted by molar-refractivity contribution is -0.148. The highest BCUT2D eigenvalue weighted by Crippen LogP contribution is 2.59. The maximum absolute atomic E-state index is 13.7. The van der Waals surface area contributed by atoms with E-state index in [0.29, 0.717) is 18.2 Å². The predicted octanol–water partition coefficient (Wildman–Crippen LogP) is 2.24. The minimum Gasteiger partial charge on any atom is -0.467 e. The fraction of sp³-hybridized carbons (Fsp3) is 0.609. The molecule has 0 saturated carbocycles. The van der Waals surface area contributed by atoms with Gasteiger partial charge in [0.05, 0.1) is 36.3 Å². The van der Waals surface area contributed by atoms with Gasteiger partial charge in [0.25, 0.3) is 0 Å². The van der Waals surface area contributed by atoms with Crippen molar-refractivity contribution in [3.05, 3.63) is 36.3 Å². The van der Waals surface area contributed by atoms with Crippen molar-refractivity contribution >= 4 is 17.6 Å². The number of hydrogen-bond acceptors (Lipinski definition) is 5. The summed E-state index contributed by atoms with van der Waals surface area (Å²) in [5, 5.41) is 3.00. The van der Waals surface area contributed by atoms with Gasteiger partial charge in [0.15, 0.2) is 0 Å². The van der Waals surface area contributed by atoms with Crippen molar-refractivity contribution in [2.45, 2.75) is 57.4 Å². The monoisotopic (exact) mass is 412 g/mol. The molecule has 1 aromatic heterocycles. The van der Waals surface area contributed by atoms with E-state index in [4.69, 9.17) is 9.15 Å². The molecule has 4 aliphatic heterocycles. The second-order valence-electron chi connectivity index (χ2n) is 9.45. The molecule has 5 heterocycles. The van der Waals surface area contributed by atoms with E-state index in [9.17, 15) is 14.4 Å². The molecule has 2 bridgehead atoms. The van der Waals surface area contributed by atoms with Gasteiger partial charge in [0.2, 0.25) is 11.8 Å². The fourth-order valence-electron chi connectivity index (χ4n) is 5.86. The van der Waals surface area contributed by atoms with Gasteiger partial charge in [0.1, 0.15) is 17.1 Å². The molecule has 0 aliphatic carbocycles. The number of hydrogen-bond donors (Lipinski definition) is 1. The van der Waals surface area contributed by atoms with Crippen LogP contribution in [0.25, 0.3) is 0 Å². The van der Waals surface area contributed by atoms with Crippen LogP contribution in [-0.2, 0) is 19.1 Å². The van der Waals surface area contributed by atoms with Crippen LogP contribution in [0.2, 0.25) is 0 Å². The van der Waals surface area contributed by atoms with Crippen LogP contribution in [0.15, 0.2) is 35.0 Å². The molecular weight excluding hydrogens is 384 g/mol. The van der Waals surface area contributed by atoms with Crippen LogP contribution < -0.4 is 5.32 Å². The van der Waals surface area contributed by atoms with Crippen molar-refractivity contribution < 1.29 is 23.5 Å². The summed E-state index contributed by atoms with van der Waals surface area (Å²) in [4.78, 5) is 41.5. The van der Waals surface area contributed by atoms with Crippen molar-refractivity contribution in [2.24, 2.45) is 23.7 Å². The zero-order valence-corrected chi connectivity index (χ0v) is 17.5. The fourth-order valence-corrected chi connectivity index (χ4v) is 5.86. The molecule has 3 fully saturated rings. The number of carbonyl (C=O) groups is 3. The Bertz CT molecular complexity index is 907. The zero-order valence-electron chi connectivity index (χ0n) is 17.5. The summed E-state index contributed by atoms with van der Waals surface area (Å²) >= 11 is 0. The number of rotatable bonds is 5. The number of ketones is 1. The topological polar surface area (TPSA) is 88.9 Å². The van der Waals surface area contributed by atoms with E-state index in [0.717, 1.165) is 6.42 Å². The average Bonchev–Trinajstić information content (AvgIpc) is 3.46. The summed E-state index contributed by atoms with van der Waals surface area (Å²) in [5.41, 5.74) is -0.928. The molecule has 1 N–H and O–H groups in total. The summed E-state index contributed by atoms with van der Waals surface area (Å²) < 4.78 is 11.9. The normalized spacial score (nSPS) is 39.0. The van der Waals surface area contributed by atoms with Crippen molar-refractivity contribution in [1.82, 2.24) is 10.2 Å². The quantitative estimate of drug-likeness (QED) is 0.750. The SMILES string of the molecule is CC(C)CCNC(=O)C1C2C(=O)N3C(c4ccco4)CC(=O)C(C)C3C23C=C[C@H]1O3. The summed E-state index contributed by atoms with van der Waals surface area (Å²) in [7, 11) is 0. The van der Waals surface area contributed by atoms with Crippen LogP contribution in [0.3, 0.4) is 0 Å². The molecule has 7 heteroatoms. The first-order valence-electron chi connectivity index (χ1n) is 10.9. The largest absolute Gasteiger partial charge is 0.467 e. The molecule has 30 heavy (non-hydrogen) atoms. The molecule has 1 aromatic rings. The molecule has 160 valence electrons. The molecule has 6 unspecified atom stereocenters. The van der Waals surface area contributed by atoms with Crippen LogP contribution in [0.4, 0.5) is 0 Å². The molecule has 2 amide bonds. The van der Waals surface area contributed by atoms with E-state index >= 15 is 0 Å². The summed E-state index contributed by atoms with van der Waals surface area (Å²) in [6.07, 6.45) is 6.05. The van der Waals surface area contributed by atoms with Crippen LogP contribution in [0.1, 0.15) is 45.4 Å². The Morgan fingerprint density at radius 1 is 1.37 bits per heavy atom. The minimum atomic E-state index is -0.928. The number of Topliss-reactive ketones (excluding diaryl/α,β-unsaturated/α-hetero) is 1. The van der Waals surface area contributed by atoms with Crippen molar-refractivity contribution in [3.8, 4) is 0 Å². The van der Waals surface area contributed by atoms with Crippen molar-refractivity contribution in [3.63, 3.8) is 0 Å². The third-order valence-corrected chi connectivity index (χ3v) is 7.28. The molecule has 0 aromatic carbocycles. The maximum atomic E-state index is 13.7. The van der Waals surface area contributed by atoms with E-state index in [1.165, 1.54) is 0 Å². The van der Waals surface area contributed by atoms with Gasteiger partial charge >= 0.3 is 0 Å². The molecule has 4 aliphatic rings. The molecule has 3 saturated heterocycles. The number of ether oxygens (including phenoxy) is 1. The second-order valence-corrected chi connectivity index (χ2v) is 9.45. The van der Waals surface area contributed by atoms with Crippen LogP contribution in [0.5, 0.6) is 0 Å². The Hall–Kier alpha value is -2.41. The number of amides is 2. The van der Waals surface area contributed by atoms with Gasteiger partial charge < -0.3 is 19.4 Å². The Morgan fingerprint density at radius 3 is 2.87 bits per heavy atom. The summed E-state index contributed by atoms with van der Waals surface area (Å²) in [6, 6.07) is 2.68. The Labute approximate surface area is 175 Å². The van der Waals surface area contributed by atoms with Gasteiger partial charge in [-0.25, -0.2) is 0 Å². The lowest BCUT2D eigenvalue weighted by Gasteiger charge is -2.43. The predicted molar refractivity (Wildman–Crippen MR) is 107 cm³/mol. The first-order valence-corrected chi connectivity index (χ1v) is 10.9. The van der Waals surface area contributed by atoms with Gasteiger partial charge in [0, 0.05) is 18.9 Å². The molecular formula is C23H28N2O5. The minimum absolute atomic E-state index is 0.0887. The van der Waals surface area contributed by atoms with Crippen LogP contribution in [-0.4, -0.2) is 46.8 Å². The smallest absolute Gasteiger partial charge is 0.230 e. The molecule has 0 radical (unpaired) electrons. The number of fused-ring (bicyclic) bond motifs is 2. The third-order valence-electron chi connectivity index (χ3n) is 7.28. The van der Waals surface area contributed by atoms with Gasteiger partial charge in [-0.1, -0.05) is 32.9 Å². The third kappa shape index (κ3) is 2.57. The summed E-state index contributed by atoms with van der Waals surface area (Å²) in [6.45, 7) is 6.66. The molecule has 7 nitrogen and oxygen atoms in total. The van der Waals surface area contributed by atoms with Crippen LogP contribution in [0, 0.1) is 23.7 Å². The molecule has 7 atom stereocenters. The molecule has 5 rings (SSSR count). The Kier molecular flexibility index (Phi) is 4.43. The first-order chi connectivity index (χ1) is 14.3. The van der Waals surface area contributed by atoms with E-state index < -0.39 is 35.6 Å². The number of nitrogens with one attached hydrogen (secondary N) is 1. The molecule has 1 spiro atoms. The highest BCUT2D eigenvalue weighted by Gasteiger charge is 2.74. The van der Waals surface area contributed by atoms with E-state index in [1.807, 2.05) is 19.1 Å². The van der Waals surface area contributed by atoms with Gasteiger partial charge in [-0.05, 0) is 24.5 Å². The number of nitrogens with zero attached hydrogens (tertiary/aromatic N) is 1. The second kappa shape index (κ2) is 6.80. The highest BCUT2D eigenvalue weighted by atomic mass is 16.5. The standard InChI is InChI=1S/C23H28N2O5/c1-12(2)7-9-24-21(27)18-17-6-8-23(30-17)19(18)22(28)25-14(16-5-4-10-29-16)11-15(26)13(3)20(23)25/h4-6,8,10,12-14,17-20H,7,9,11H2,1-3H3,(H,24,27)/t13?,14?,17-,18?,19?,20?,23?/m1/s1. The lowest BCUT2D eigenvalue weighted by atomic mass is 9.70. The van der Waals surface area contributed by atoms with Crippen molar-refractivity contribution in [2.75, 3.05) is 6.54 Å². The van der Waals surface area contributed by atoms with Crippen molar-refractivity contribution in [1.29, 1.82) is 0 Å². The Balaban J connectivity index is 1.49. The van der Waals surface area contributed by atoms with E-state index in [2.05, 4.69) is 19.2 Å². The van der Waals surface area contributed by atoms with Gasteiger partial charge in [-0.15, -0.1) is 0 Å². The highest BCUT2D eigenvalue weighted by molar-refractivity contribution is 5.96. The summed E-state index contributed by atoms with van der Waals surface area (Å²) in [5.74, 6) is -0.628. The lowest BCUT2D eigenvalue weighted by Crippen LogP contribution is -2.55. The number of furan rings is 1. The first kappa shape index (κ1) is 19.5.